The zero-order chi connectivity index (χ0) is 12.0. The molecule has 96 valence electrons. The Hall–Kier alpha value is -0.0800. The smallest absolute Gasteiger partial charge is 0.0695 e. The average Bonchev–Trinajstić information content (AvgIpc) is 2.46. The predicted octanol–water partition coefficient (Wildman–Crippen LogP) is 3.19. The highest BCUT2D eigenvalue weighted by Crippen LogP contribution is 2.23. The highest BCUT2D eigenvalue weighted by Gasteiger charge is 2.28. The van der Waals surface area contributed by atoms with Gasteiger partial charge in [-0.25, -0.2) is 0 Å². The Balaban J connectivity index is 2.60. The van der Waals surface area contributed by atoms with Gasteiger partial charge in [0.1, 0.15) is 0 Å². The van der Waals surface area contributed by atoms with Gasteiger partial charge in [-0.1, -0.05) is 33.1 Å². The molecule has 0 bridgehead atoms. The molecule has 0 aromatic heterocycles. The fourth-order valence-electron chi connectivity index (χ4n) is 3.01. The summed E-state index contributed by atoms with van der Waals surface area (Å²) in [4.78, 5) is 2.56. The molecule has 3 atom stereocenters. The van der Waals surface area contributed by atoms with Crippen molar-refractivity contribution in [3.05, 3.63) is 0 Å². The van der Waals surface area contributed by atoms with Crippen molar-refractivity contribution in [2.24, 2.45) is 0 Å². The number of rotatable bonds is 5. The van der Waals surface area contributed by atoms with E-state index in [1.165, 1.54) is 32.2 Å². The van der Waals surface area contributed by atoms with E-state index < -0.39 is 0 Å². The van der Waals surface area contributed by atoms with Gasteiger partial charge in [0.15, 0.2) is 0 Å². The van der Waals surface area contributed by atoms with Crippen molar-refractivity contribution in [1.29, 1.82) is 0 Å². The monoisotopic (exact) mass is 227 g/mol. The molecule has 1 heterocycles. The van der Waals surface area contributed by atoms with E-state index in [0.29, 0.717) is 12.1 Å². The molecule has 1 rings (SSSR count). The molecule has 0 radical (unpaired) electrons. The van der Waals surface area contributed by atoms with Gasteiger partial charge in [0.25, 0.3) is 0 Å². The van der Waals surface area contributed by atoms with Crippen LogP contribution in [0.15, 0.2) is 0 Å². The topological polar surface area (TPSA) is 23.5 Å². The first kappa shape index (κ1) is 14.0. The summed E-state index contributed by atoms with van der Waals surface area (Å²) in [6.45, 7) is 7.87. The molecule has 1 fully saturated rings. The van der Waals surface area contributed by atoms with E-state index >= 15 is 0 Å². The van der Waals surface area contributed by atoms with E-state index in [1.807, 2.05) is 0 Å². The molecule has 2 nitrogen and oxygen atoms in total. The molecule has 16 heavy (non-hydrogen) atoms. The minimum absolute atomic E-state index is 0.129. The third kappa shape index (κ3) is 3.74. The molecule has 2 heteroatoms. The quantitative estimate of drug-likeness (QED) is 0.779. The molecule has 0 saturated carbocycles. The minimum atomic E-state index is -0.129. The van der Waals surface area contributed by atoms with E-state index in [4.69, 9.17) is 0 Å². The number of nitrogens with zero attached hydrogens (tertiary/aromatic N) is 1. The Labute approximate surface area is 101 Å². The van der Waals surface area contributed by atoms with Gasteiger partial charge in [-0.3, -0.25) is 4.90 Å². The van der Waals surface area contributed by atoms with Crippen LogP contribution in [0.1, 0.15) is 65.7 Å². The van der Waals surface area contributed by atoms with Crippen LogP contribution < -0.4 is 0 Å². The van der Waals surface area contributed by atoms with Gasteiger partial charge in [-0.05, 0) is 39.2 Å². The summed E-state index contributed by atoms with van der Waals surface area (Å²) in [6, 6.07) is 1.03. The average molecular weight is 227 g/mol. The lowest BCUT2D eigenvalue weighted by Gasteiger charge is -2.37. The molecule has 0 spiro atoms. The highest BCUT2D eigenvalue weighted by molar-refractivity contribution is 4.83. The summed E-state index contributed by atoms with van der Waals surface area (Å²) in [5, 5.41) is 10.2. The predicted molar refractivity (Wildman–Crippen MR) is 69.6 cm³/mol. The number of likely N-dealkylation sites (tertiary alicyclic amines) is 1. The summed E-state index contributed by atoms with van der Waals surface area (Å²) in [7, 11) is 0. The first-order valence-electron chi connectivity index (χ1n) is 7.14. The largest absolute Gasteiger partial charge is 0.391 e. The normalized spacial score (nSPS) is 27.4. The van der Waals surface area contributed by atoms with Crippen molar-refractivity contribution in [3.63, 3.8) is 0 Å². The Morgan fingerprint density at radius 2 is 2.00 bits per heavy atom. The van der Waals surface area contributed by atoms with Gasteiger partial charge in [0, 0.05) is 12.1 Å². The summed E-state index contributed by atoms with van der Waals surface area (Å²) in [5.74, 6) is 0. The fourth-order valence-corrected chi connectivity index (χ4v) is 3.01. The number of aliphatic hydroxyl groups is 1. The summed E-state index contributed by atoms with van der Waals surface area (Å²) < 4.78 is 0. The van der Waals surface area contributed by atoms with Gasteiger partial charge < -0.3 is 5.11 Å². The third-order valence-electron chi connectivity index (χ3n) is 3.98. The molecule has 0 amide bonds. The molecule has 0 aliphatic carbocycles. The second-order valence-corrected chi connectivity index (χ2v) is 5.27. The van der Waals surface area contributed by atoms with Crippen LogP contribution >= 0.6 is 0 Å². The zero-order valence-electron chi connectivity index (χ0n) is 11.3. The maximum Gasteiger partial charge on any atom is 0.0695 e. The third-order valence-corrected chi connectivity index (χ3v) is 3.98. The maximum absolute atomic E-state index is 10.2. The summed E-state index contributed by atoms with van der Waals surface area (Å²) >= 11 is 0. The van der Waals surface area contributed by atoms with Gasteiger partial charge >= 0.3 is 0 Å². The second kappa shape index (κ2) is 7.29. The van der Waals surface area contributed by atoms with Crippen LogP contribution in [0.4, 0.5) is 0 Å². The maximum atomic E-state index is 10.2. The van der Waals surface area contributed by atoms with Crippen LogP contribution in [0.5, 0.6) is 0 Å². The lowest BCUT2D eigenvalue weighted by molar-refractivity contribution is 0.0220. The number of hydrogen-bond donors (Lipinski definition) is 1. The number of hydrogen-bond acceptors (Lipinski definition) is 2. The Bertz CT molecular complexity index is 184. The van der Waals surface area contributed by atoms with Crippen LogP contribution in [0.2, 0.25) is 0 Å². The zero-order valence-corrected chi connectivity index (χ0v) is 11.3. The van der Waals surface area contributed by atoms with Crippen LogP contribution in [0, 0.1) is 0 Å². The van der Waals surface area contributed by atoms with Crippen molar-refractivity contribution in [2.45, 2.75) is 83.9 Å². The van der Waals surface area contributed by atoms with Gasteiger partial charge in [0.05, 0.1) is 6.10 Å². The molecule has 1 aliphatic heterocycles. The van der Waals surface area contributed by atoms with Crippen molar-refractivity contribution in [1.82, 2.24) is 4.90 Å². The second-order valence-electron chi connectivity index (χ2n) is 5.27. The van der Waals surface area contributed by atoms with E-state index in [-0.39, 0.29) is 6.10 Å². The van der Waals surface area contributed by atoms with Gasteiger partial charge in [0.2, 0.25) is 0 Å². The van der Waals surface area contributed by atoms with Crippen LogP contribution in [0.3, 0.4) is 0 Å². The van der Waals surface area contributed by atoms with E-state index in [2.05, 4.69) is 25.7 Å². The van der Waals surface area contributed by atoms with Crippen molar-refractivity contribution < 1.29 is 5.11 Å². The molecular formula is C14H29NO. The van der Waals surface area contributed by atoms with Crippen molar-refractivity contribution in [2.75, 3.05) is 6.54 Å². The standard InChI is InChI=1S/C14H29NO/c1-4-9-14(16)13(5-2)15-11-8-6-7-10-12(15)3/h12-14,16H,4-11H2,1-3H3. The Morgan fingerprint density at radius 3 is 2.62 bits per heavy atom. The van der Waals surface area contributed by atoms with Crippen LogP contribution in [-0.4, -0.2) is 34.7 Å². The van der Waals surface area contributed by atoms with Crippen molar-refractivity contribution >= 4 is 0 Å². The minimum Gasteiger partial charge on any atom is -0.391 e. The Kier molecular flexibility index (Phi) is 6.37. The molecule has 3 unspecified atom stereocenters. The lowest BCUT2D eigenvalue weighted by Crippen LogP contribution is -2.47. The molecular weight excluding hydrogens is 198 g/mol. The summed E-state index contributed by atoms with van der Waals surface area (Å²) in [6.07, 6.45) is 8.30. The molecule has 1 aliphatic rings. The highest BCUT2D eigenvalue weighted by atomic mass is 16.3. The first-order valence-corrected chi connectivity index (χ1v) is 7.14. The fraction of sp³-hybridized carbons (Fsp3) is 1.00. The molecule has 1 saturated heterocycles. The van der Waals surface area contributed by atoms with Crippen molar-refractivity contribution in [3.8, 4) is 0 Å². The Morgan fingerprint density at radius 1 is 1.25 bits per heavy atom. The van der Waals surface area contributed by atoms with Crippen LogP contribution in [-0.2, 0) is 0 Å². The first-order chi connectivity index (χ1) is 7.70. The summed E-state index contributed by atoms with van der Waals surface area (Å²) in [5.41, 5.74) is 0. The van der Waals surface area contributed by atoms with Gasteiger partial charge in [-0.2, -0.15) is 0 Å². The molecule has 0 aromatic carbocycles. The SMILES string of the molecule is CCCC(O)C(CC)N1CCCCCC1C. The van der Waals surface area contributed by atoms with E-state index in [0.717, 1.165) is 19.3 Å². The number of aliphatic hydroxyl groups excluding tert-OH is 1. The van der Waals surface area contributed by atoms with Gasteiger partial charge in [-0.15, -0.1) is 0 Å². The molecule has 0 aromatic rings. The van der Waals surface area contributed by atoms with E-state index in [9.17, 15) is 5.11 Å². The van der Waals surface area contributed by atoms with E-state index in [1.54, 1.807) is 0 Å². The lowest BCUT2D eigenvalue weighted by atomic mass is 10.00. The molecule has 1 N–H and O–H groups in total. The van der Waals surface area contributed by atoms with Crippen LogP contribution in [0.25, 0.3) is 0 Å².